The Labute approximate surface area is 187 Å². The molecule has 1 saturated carbocycles. The van der Waals surface area contributed by atoms with Gasteiger partial charge in [-0.05, 0) is 60.9 Å². The topological polar surface area (TPSA) is 78.3 Å². The van der Waals surface area contributed by atoms with Crippen molar-refractivity contribution in [2.45, 2.75) is 43.9 Å². The normalized spacial score (nSPS) is 25.2. The summed E-state index contributed by atoms with van der Waals surface area (Å²) in [6, 6.07) is 17.2. The monoisotopic (exact) mass is 433 g/mol. The fraction of sp³-hybridized carbons (Fsp3) is 0.385. The summed E-state index contributed by atoms with van der Waals surface area (Å²) in [7, 11) is 0. The smallest absolute Gasteiger partial charge is 0.162 e. The molecule has 1 aromatic heterocycles. The number of nitrogens with one attached hydrogen (secondary N) is 1. The molecule has 0 saturated heterocycles. The van der Waals surface area contributed by atoms with E-state index in [1.54, 1.807) is 24.4 Å². The van der Waals surface area contributed by atoms with Gasteiger partial charge in [0.2, 0.25) is 0 Å². The number of rotatable bonds is 6. The molecule has 3 N–H and O–H groups in total. The van der Waals surface area contributed by atoms with Crippen LogP contribution in [0.25, 0.3) is 11.4 Å². The van der Waals surface area contributed by atoms with Crippen LogP contribution in [0.1, 0.15) is 23.2 Å². The zero-order chi connectivity index (χ0) is 22.1. The second-order valence-electron chi connectivity index (χ2n) is 9.02. The van der Waals surface area contributed by atoms with Crippen molar-refractivity contribution in [2.24, 2.45) is 11.8 Å². The molecule has 5 rings (SSSR count). The van der Waals surface area contributed by atoms with Crippen molar-refractivity contribution >= 4 is 0 Å². The number of aliphatic hydroxyl groups excluding tert-OH is 2. The van der Waals surface area contributed by atoms with Crippen LogP contribution in [0.2, 0.25) is 0 Å². The fourth-order valence-electron chi connectivity index (χ4n) is 5.44. The second-order valence-corrected chi connectivity index (χ2v) is 9.02. The first-order valence-corrected chi connectivity index (χ1v) is 11.3. The third kappa shape index (κ3) is 4.18. The number of hydrogen-bond acceptors (Lipinski definition) is 5. The minimum atomic E-state index is -0.556. The van der Waals surface area contributed by atoms with E-state index in [9.17, 15) is 14.6 Å². The van der Waals surface area contributed by atoms with Crippen molar-refractivity contribution in [1.29, 1.82) is 0 Å². The van der Waals surface area contributed by atoms with Gasteiger partial charge in [-0.15, -0.1) is 0 Å². The Kier molecular flexibility index (Phi) is 6.00. The minimum absolute atomic E-state index is 0.0297. The lowest BCUT2D eigenvalue weighted by atomic mass is 9.88. The fourth-order valence-corrected chi connectivity index (χ4v) is 5.44. The van der Waals surface area contributed by atoms with E-state index >= 15 is 0 Å². The molecule has 32 heavy (non-hydrogen) atoms. The molecule has 1 heterocycles. The molecule has 3 aromatic rings. The summed E-state index contributed by atoms with van der Waals surface area (Å²) in [6.45, 7) is -0.0693. The molecule has 1 fully saturated rings. The molecule has 0 spiro atoms. The Bertz CT molecular complexity index is 1070. The van der Waals surface area contributed by atoms with Gasteiger partial charge in [0.05, 0.1) is 11.7 Å². The molecule has 0 bridgehead atoms. The van der Waals surface area contributed by atoms with Gasteiger partial charge in [-0.1, -0.05) is 36.4 Å². The number of benzene rings is 2. The third-order valence-electron chi connectivity index (χ3n) is 7.04. The van der Waals surface area contributed by atoms with Gasteiger partial charge in [-0.2, -0.15) is 0 Å². The van der Waals surface area contributed by atoms with Crippen molar-refractivity contribution in [1.82, 2.24) is 15.3 Å². The third-order valence-corrected chi connectivity index (χ3v) is 7.04. The summed E-state index contributed by atoms with van der Waals surface area (Å²) in [6.07, 6.45) is 4.24. The summed E-state index contributed by atoms with van der Waals surface area (Å²) < 4.78 is 14.2. The van der Waals surface area contributed by atoms with Gasteiger partial charge >= 0.3 is 0 Å². The van der Waals surface area contributed by atoms with E-state index in [0.717, 1.165) is 18.5 Å². The predicted octanol–water partition coefficient (Wildman–Crippen LogP) is 2.94. The van der Waals surface area contributed by atoms with Crippen LogP contribution in [-0.4, -0.2) is 45.0 Å². The van der Waals surface area contributed by atoms with E-state index in [4.69, 9.17) is 0 Å². The summed E-state index contributed by atoms with van der Waals surface area (Å²) in [5.41, 5.74) is 3.92. The first-order valence-electron chi connectivity index (χ1n) is 11.3. The SMILES string of the molecule is OC[C@@H]1[C@@H](Cc2ccnc(-c3ccccc3F)n2)[C@H](NC2Cc3ccccc3C2)C[C@H]1O. The molecule has 0 radical (unpaired) electrons. The highest BCUT2D eigenvalue weighted by molar-refractivity contribution is 5.55. The zero-order valence-corrected chi connectivity index (χ0v) is 17.9. The average Bonchev–Trinajstić information content (AvgIpc) is 3.34. The average molecular weight is 434 g/mol. The Morgan fingerprint density at radius 2 is 1.69 bits per heavy atom. The number of fused-ring (bicyclic) bond motifs is 1. The van der Waals surface area contributed by atoms with Crippen molar-refractivity contribution in [3.63, 3.8) is 0 Å². The van der Waals surface area contributed by atoms with E-state index in [-0.39, 0.29) is 30.3 Å². The first-order chi connectivity index (χ1) is 15.6. The highest BCUT2D eigenvalue weighted by Gasteiger charge is 2.43. The molecule has 6 heteroatoms. The Balaban J connectivity index is 1.35. The van der Waals surface area contributed by atoms with Crippen molar-refractivity contribution in [3.05, 3.63) is 83.4 Å². The molecule has 5 nitrogen and oxygen atoms in total. The van der Waals surface area contributed by atoms with Crippen molar-refractivity contribution < 1.29 is 14.6 Å². The summed E-state index contributed by atoms with van der Waals surface area (Å²) in [4.78, 5) is 8.88. The molecule has 0 aliphatic heterocycles. The Morgan fingerprint density at radius 1 is 0.969 bits per heavy atom. The van der Waals surface area contributed by atoms with Gasteiger partial charge in [0, 0.05) is 36.5 Å². The van der Waals surface area contributed by atoms with Crippen LogP contribution < -0.4 is 5.32 Å². The quantitative estimate of drug-likeness (QED) is 0.557. The lowest BCUT2D eigenvalue weighted by Crippen LogP contribution is -2.43. The standard InChI is InChI=1S/C26H28FN3O2/c27-23-8-4-3-7-20(23)26-28-10-9-18(30-26)13-21-22(15-31)25(32)14-24(21)29-19-11-16-5-1-2-6-17(16)12-19/h1-10,19,21-22,24-25,29,31-32H,11-15H2/t21-,22-,24-,25-/m1/s1. The van der Waals surface area contributed by atoms with E-state index in [1.165, 1.54) is 17.2 Å². The van der Waals surface area contributed by atoms with Crippen LogP contribution in [0, 0.1) is 17.7 Å². The molecule has 166 valence electrons. The van der Waals surface area contributed by atoms with Crippen LogP contribution in [-0.2, 0) is 19.3 Å². The zero-order valence-electron chi connectivity index (χ0n) is 17.9. The summed E-state index contributed by atoms with van der Waals surface area (Å²) in [5, 5.41) is 24.4. The lowest BCUT2D eigenvalue weighted by Gasteiger charge is -2.27. The maximum atomic E-state index is 14.2. The van der Waals surface area contributed by atoms with Gasteiger partial charge in [0.15, 0.2) is 5.82 Å². The highest BCUT2D eigenvalue weighted by Crippen LogP contribution is 2.36. The van der Waals surface area contributed by atoms with Crippen LogP contribution in [0.3, 0.4) is 0 Å². The largest absolute Gasteiger partial charge is 0.396 e. The van der Waals surface area contributed by atoms with Gasteiger partial charge in [0.1, 0.15) is 5.82 Å². The summed E-state index contributed by atoms with van der Waals surface area (Å²) in [5.74, 6) is -0.185. The predicted molar refractivity (Wildman–Crippen MR) is 120 cm³/mol. The first kappa shape index (κ1) is 21.2. The van der Waals surface area contributed by atoms with Gasteiger partial charge in [-0.25, -0.2) is 14.4 Å². The van der Waals surface area contributed by atoms with Gasteiger partial charge < -0.3 is 15.5 Å². The Hall–Kier alpha value is -2.67. The number of hydrogen-bond donors (Lipinski definition) is 3. The van der Waals surface area contributed by atoms with Crippen LogP contribution in [0.5, 0.6) is 0 Å². The molecular formula is C26H28FN3O2. The van der Waals surface area contributed by atoms with Crippen LogP contribution in [0.4, 0.5) is 4.39 Å². The van der Waals surface area contributed by atoms with E-state index in [1.807, 2.05) is 6.07 Å². The number of halogens is 1. The molecule has 4 atom stereocenters. The second kappa shape index (κ2) is 9.06. The maximum absolute atomic E-state index is 14.2. The number of aromatic nitrogens is 2. The van der Waals surface area contributed by atoms with Crippen molar-refractivity contribution in [3.8, 4) is 11.4 Å². The highest BCUT2D eigenvalue weighted by atomic mass is 19.1. The van der Waals surface area contributed by atoms with Gasteiger partial charge in [0.25, 0.3) is 0 Å². The molecule has 2 aliphatic carbocycles. The van der Waals surface area contributed by atoms with Crippen LogP contribution in [0.15, 0.2) is 60.8 Å². The lowest BCUT2D eigenvalue weighted by molar-refractivity contribution is 0.0715. The molecular weight excluding hydrogens is 405 g/mol. The van der Waals surface area contributed by atoms with E-state index < -0.39 is 6.10 Å². The molecule has 0 amide bonds. The maximum Gasteiger partial charge on any atom is 0.162 e. The molecule has 0 unspecified atom stereocenters. The molecule has 2 aliphatic rings. The molecule has 2 aromatic carbocycles. The van der Waals surface area contributed by atoms with Crippen molar-refractivity contribution in [2.75, 3.05) is 6.61 Å². The summed E-state index contributed by atoms with van der Waals surface area (Å²) >= 11 is 0. The van der Waals surface area contributed by atoms with E-state index in [2.05, 4.69) is 39.6 Å². The number of nitrogens with zero attached hydrogens (tertiary/aromatic N) is 2. The van der Waals surface area contributed by atoms with Crippen LogP contribution >= 0.6 is 0 Å². The van der Waals surface area contributed by atoms with E-state index in [0.29, 0.717) is 30.3 Å². The number of aliphatic hydroxyl groups is 2. The van der Waals surface area contributed by atoms with Gasteiger partial charge in [-0.3, -0.25) is 0 Å². The Morgan fingerprint density at radius 3 is 2.41 bits per heavy atom. The minimum Gasteiger partial charge on any atom is -0.396 e.